The Hall–Kier alpha value is 0.952. The van der Waals surface area contributed by atoms with Gasteiger partial charge in [0.15, 0.2) is 0 Å². The van der Waals surface area contributed by atoms with Crippen molar-refractivity contribution in [3.05, 3.63) is 11.0 Å². The zero-order valence-corrected chi connectivity index (χ0v) is 19.5. The van der Waals surface area contributed by atoms with Crippen LogP contribution in [0.1, 0.15) is 0 Å². The van der Waals surface area contributed by atoms with Crippen LogP contribution in [0, 0.1) is 0 Å². The van der Waals surface area contributed by atoms with Crippen LogP contribution < -0.4 is 9.25 Å². The van der Waals surface area contributed by atoms with E-state index in [0.29, 0.717) is 43.5 Å². The quantitative estimate of drug-likeness (QED) is 0.493. The molecule has 0 spiro atoms. The molecule has 3 rings (SSSR count). The van der Waals surface area contributed by atoms with Gasteiger partial charge in [-0.05, 0) is 0 Å². The summed E-state index contributed by atoms with van der Waals surface area (Å²) in [6.45, 7) is 15.1. The zero-order valence-electron chi connectivity index (χ0n) is 12.4. The predicted octanol–water partition coefficient (Wildman–Crippen LogP) is 2.25. The first-order valence-electron chi connectivity index (χ1n) is 6.62. The maximum atomic E-state index is 2.64. The van der Waals surface area contributed by atoms with E-state index in [1.807, 2.05) is 22.0 Å². The molecule has 0 nitrogen and oxygen atoms in total. The van der Waals surface area contributed by atoms with Crippen LogP contribution in [0.15, 0.2) is 11.0 Å². The third-order valence-electron chi connectivity index (χ3n) is 3.41. The van der Waals surface area contributed by atoms with Gasteiger partial charge in [0, 0.05) is 0 Å². The van der Waals surface area contributed by atoms with Crippen molar-refractivity contribution < 1.29 is 0 Å². The van der Waals surface area contributed by atoms with Crippen LogP contribution in [0.2, 0.25) is 39.3 Å². The molecule has 5 heteroatoms. The molecule has 0 bridgehead atoms. The number of hydrogen-bond donors (Lipinski definition) is 0. The minimum atomic E-state index is -1.11. The van der Waals surface area contributed by atoms with Crippen LogP contribution in [0.25, 0.3) is 17.0 Å². The molecule has 3 heterocycles. The Bertz CT molecular complexity index is 747. The van der Waals surface area contributed by atoms with Crippen LogP contribution in [-0.2, 0) is 0 Å². The fraction of sp³-hybridized carbons (Fsp3) is 0.429. The van der Waals surface area contributed by atoms with Crippen LogP contribution in [0.5, 0.6) is 0 Å². The average Bonchev–Trinajstić information content (AvgIpc) is 2.80. The van der Waals surface area contributed by atoms with E-state index in [4.69, 9.17) is 0 Å². The summed E-state index contributed by atoms with van der Waals surface area (Å²) in [5.74, 6) is 0. The Morgan fingerprint density at radius 2 is 1.47 bits per heavy atom. The summed E-state index contributed by atoms with van der Waals surface area (Å²) in [5.41, 5.74) is 0. The summed E-state index contributed by atoms with van der Waals surface area (Å²) in [4.78, 5) is 2.64. The van der Waals surface area contributed by atoms with Gasteiger partial charge in [-0.25, -0.2) is 0 Å². The van der Waals surface area contributed by atoms with Crippen molar-refractivity contribution in [3.63, 3.8) is 0 Å². The second-order valence-electron chi connectivity index (χ2n) is 7.21. The fourth-order valence-corrected chi connectivity index (χ4v) is 21.4. The number of hydrogen-bond acceptors (Lipinski definition) is 0. The first kappa shape index (κ1) is 14.9. The van der Waals surface area contributed by atoms with Gasteiger partial charge in [-0.1, -0.05) is 0 Å². The molecule has 0 aliphatic heterocycles. The Morgan fingerprint density at radius 1 is 0.789 bits per heavy atom. The molecule has 0 amide bonds. The number of fused-ring (bicyclic) bond motifs is 3. The summed E-state index contributed by atoms with van der Waals surface area (Å²) < 4.78 is 9.15. The van der Waals surface area contributed by atoms with Crippen molar-refractivity contribution in [2.24, 2.45) is 0 Å². The molecule has 0 atom stereocenters. The van der Waals surface area contributed by atoms with E-state index in [9.17, 15) is 0 Å². The second-order valence-corrected chi connectivity index (χ2v) is 24.4. The third-order valence-corrected chi connectivity index (χ3v) is 20.8. The number of rotatable bonds is 2. The average molecular weight is 481 g/mol. The molecule has 0 N–H and O–H groups in total. The SMILES string of the molecule is C[Si](C)(C)c1cc2[se]c3c([Si](C)(C)C)c[se]c3c2[se]1. The van der Waals surface area contributed by atoms with Crippen molar-refractivity contribution in [1.29, 1.82) is 0 Å². The van der Waals surface area contributed by atoms with Gasteiger partial charge in [0.2, 0.25) is 0 Å². The molecule has 0 fully saturated rings. The van der Waals surface area contributed by atoms with E-state index in [0.717, 1.165) is 0 Å². The van der Waals surface area contributed by atoms with Gasteiger partial charge in [-0.2, -0.15) is 0 Å². The first-order chi connectivity index (χ1) is 8.68. The van der Waals surface area contributed by atoms with Gasteiger partial charge in [0.05, 0.1) is 0 Å². The molecular formula is C14H20Se3Si2. The van der Waals surface area contributed by atoms with Crippen molar-refractivity contribution in [3.8, 4) is 0 Å². The van der Waals surface area contributed by atoms with Crippen LogP contribution in [0.3, 0.4) is 0 Å². The molecule has 0 aliphatic carbocycles. The molecule has 0 unspecified atom stereocenters. The molecule has 102 valence electrons. The van der Waals surface area contributed by atoms with Gasteiger partial charge < -0.3 is 0 Å². The summed E-state index contributed by atoms with van der Waals surface area (Å²) in [5, 5.41) is 1.82. The Labute approximate surface area is 135 Å². The summed E-state index contributed by atoms with van der Waals surface area (Å²) in [7, 11) is -2.16. The molecule has 0 saturated heterocycles. The maximum absolute atomic E-state index is 2.64. The Balaban J connectivity index is 2.26. The van der Waals surface area contributed by atoms with Crippen molar-refractivity contribution in [1.82, 2.24) is 0 Å². The minimum absolute atomic E-state index is 0.651. The molecule has 0 radical (unpaired) electrons. The van der Waals surface area contributed by atoms with Gasteiger partial charge in [0.25, 0.3) is 0 Å². The monoisotopic (exact) mass is 484 g/mol. The Kier molecular flexibility index (Phi) is 3.70. The molecule has 0 saturated carbocycles. The van der Waals surface area contributed by atoms with Gasteiger partial charge in [0.1, 0.15) is 0 Å². The molecule has 0 aromatic carbocycles. The zero-order chi connectivity index (χ0) is 14.0. The second kappa shape index (κ2) is 4.73. The topological polar surface area (TPSA) is 0 Å². The van der Waals surface area contributed by atoms with Crippen molar-refractivity contribution in [2.75, 3.05) is 0 Å². The molecule has 0 aliphatic rings. The van der Waals surface area contributed by atoms with E-state index in [1.54, 1.807) is 4.26 Å². The van der Waals surface area contributed by atoms with Gasteiger partial charge in [-0.3, -0.25) is 0 Å². The fourth-order valence-electron chi connectivity index (χ4n) is 2.21. The van der Waals surface area contributed by atoms with Crippen LogP contribution in [-0.4, -0.2) is 59.7 Å². The molecule has 3 aromatic heterocycles. The van der Waals surface area contributed by atoms with Crippen molar-refractivity contribution >= 4 is 85.9 Å². The van der Waals surface area contributed by atoms with Crippen LogP contribution in [0.4, 0.5) is 0 Å². The van der Waals surface area contributed by atoms with E-state index >= 15 is 0 Å². The summed E-state index contributed by atoms with van der Waals surface area (Å²) >= 11 is 2.00. The van der Waals surface area contributed by atoms with Crippen molar-refractivity contribution in [2.45, 2.75) is 39.3 Å². The molecular weight excluding hydrogens is 461 g/mol. The normalized spacial score (nSPS) is 13.8. The van der Waals surface area contributed by atoms with Gasteiger partial charge >= 0.3 is 136 Å². The predicted molar refractivity (Wildman–Crippen MR) is 98.2 cm³/mol. The van der Waals surface area contributed by atoms with Gasteiger partial charge in [-0.15, -0.1) is 0 Å². The standard InChI is InChI=1S/C14H20Se3Si2/c1-18(2,3)10-8-15-14-12-9(16-13(10)14)7-11(17-12)19(4,5)6/h7-8H,1-6H3. The summed E-state index contributed by atoms with van der Waals surface area (Å²) in [6.07, 6.45) is 0. The van der Waals surface area contributed by atoms with E-state index in [2.05, 4.69) is 50.3 Å². The van der Waals surface area contributed by atoms with Crippen LogP contribution >= 0.6 is 0 Å². The van der Waals surface area contributed by atoms with E-state index in [1.165, 1.54) is 0 Å². The van der Waals surface area contributed by atoms with E-state index in [-0.39, 0.29) is 0 Å². The summed E-state index contributed by atoms with van der Waals surface area (Å²) in [6, 6.07) is 2.64. The Morgan fingerprint density at radius 3 is 2.05 bits per heavy atom. The molecule has 3 aromatic rings. The molecule has 19 heavy (non-hydrogen) atoms. The van der Waals surface area contributed by atoms with E-state index < -0.39 is 16.1 Å². The third kappa shape index (κ3) is 2.58. The first-order valence-corrected chi connectivity index (χ1v) is 18.9.